The van der Waals surface area contributed by atoms with Crippen LogP contribution in [0.4, 0.5) is 0 Å². The molecule has 1 aliphatic rings. The van der Waals surface area contributed by atoms with Crippen LogP contribution in [0.1, 0.15) is 0 Å². The summed E-state index contributed by atoms with van der Waals surface area (Å²) in [6.45, 7) is 0.700. The lowest BCUT2D eigenvalue weighted by Crippen LogP contribution is -2.56. The molecule has 2 rings (SSSR count). The standard InChI is InChI=1S/C11H13BrN2O4S/c12-8-2-1-3-9(6-8)19(17,18)14-5-4-13-7-10(14)11(15)16/h1-3,6,10,13H,4-5,7H2,(H,15,16). The molecule has 0 amide bonds. The second-order valence-electron chi connectivity index (χ2n) is 4.13. The third-order valence-electron chi connectivity index (χ3n) is 2.88. The van der Waals surface area contributed by atoms with Crippen LogP contribution >= 0.6 is 15.9 Å². The predicted molar refractivity (Wildman–Crippen MR) is 72.3 cm³/mol. The minimum Gasteiger partial charge on any atom is -0.480 e. The highest BCUT2D eigenvalue weighted by Gasteiger charge is 2.37. The first-order chi connectivity index (χ1) is 8.93. The van der Waals surface area contributed by atoms with Gasteiger partial charge < -0.3 is 10.4 Å². The van der Waals surface area contributed by atoms with Gasteiger partial charge >= 0.3 is 5.97 Å². The number of piperazine rings is 1. The molecule has 1 aromatic rings. The molecular weight excluding hydrogens is 336 g/mol. The van der Waals surface area contributed by atoms with E-state index in [1.807, 2.05) is 0 Å². The van der Waals surface area contributed by atoms with E-state index in [1.165, 1.54) is 12.1 Å². The summed E-state index contributed by atoms with van der Waals surface area (Å²) in [7, 11) is -3.80. The molecule has 1 aliphatic heterocycles. The monoisotopic (exact) mass is 348 g/mol. The Kier molecular flexibility index (Phi) is 4.24. The zero-order chi connectivity index (χ0) is 14.0. The molecule has 0 saturated carbocycles. The lowest BCUT2D eigenvalue weighted by atomic mass is 10.2. The number of carbonyl (C=O) groups is 1. The van der Waals surface area contributed by atoms with Gasteiger partial charge in [0.2, 0.25) is 10.0 Å². The van der Waals surface area contributed by atoms with E-state index in [0.29, 0.717) is 11.0 Å². The molecule has 0 aromatic heterocycles. The molecule has 1 unspecified atom stereocenters. The smallest absolute Gasteiger partial charge is 0.323 e. The fourth-order valence-electron chi connectivity index (χ4n) is 1.95. The molecule has 1 heterocycles. The van der Waals surface area contributed by atoms with Gasteiger partial charge in [0, 0.05) is 24.1 Å². The topological polar surface area (TPSA) is 86.7 Å². The van der Waals surface area contributed by atoms with Crippen LogP contribution in [0, 0.1) is 0 Å². The molecule has 1 aromatic carbocycles. The van der Waals surface area contributed by atoms with Crippen LogP contribution in [0.2, 0.25) is 0 Å². The van der Waals surface area contributed by atoms with Crippen molar-refractivity contribution in [2.75, 3.05) is 19.6 Å². The van der Waals surface area contributed by atoms with Crippen molar-refractivity contribution in [3.63, 3.8) is 0 Å². The number of carboxylic acids is 1. The van der Waals surface area contributed by atoms with Crippen molar-refractivity contribution >= 4 is 31.9 Å². The minimum absolute atomic E-state index is 0.0926. The van der Waals surface area contributed by atoms with Gasteiger partial charge in [0.15, 0.2) is 0 Å². The number of aliphatic carboxylic acids is 1. The SMILES string of the molecule is O=C(O)C1CNCCN1S(=O)(=O)c1cccc(Br)c1. The number of hydrogen-bond donors (Lipinski definition) is 2. The average Bonchev–Trinajstić information content (AvgIpc) is 2.38. The highest BCUT2D eigenvalue weighted by Crippen LogP contribution is 2.22. The third kappa shape index (κ3) is 2.97. The summed E-state index contributed by atoms with van der Waals surface area (Å²) in [6.07, 6.45) is 0. The average molecular weight is 349 g/mol. The fourth-order valence-corrected chi connectivity index (χ4v) is 4.13. The molecule has 1 atom stereocenters. The van der Waals surface area contributed by atoms with Gasteiger partial charge in [0.25, 0.3) is 0 Å². The van der Waals surface area contributed by atoms with Gasteiger partial charge in [-0.15, -0.1) is 0 Å². The molecule has 1 saturated heterocycles. The number of nitrogens with one attached hydrogen (secondary N) is 1. The van der Waals surface area contributed by atoms with E-state index in [4.69, 9.17) is 5.11 Å². The maximum absolute atomic E-state index is 12.5. The van der Waals surface area contributed by atoms with Crippen LogP contribution in [0.5, 0.6) is 0 Å². The van der Waals surface area contributed by atoms with E-state index in [0.717, 1.165) is 4.31 Å². The summed E-state index contributed by atoms with van der Waals surface area (Å²) in [6, 6.07) is 5.18. The van der Waals surface area contributed by atoms with E-state index in [9.17, 15) is 13.2 Å². The maximum Gasteiger partial charge on any atom is 0.323 e. The van der Waals surface area contributed by atoms with Gasteiger partial charge in [-0.2, -0.15) is 4.31 Å². The number of carboxylic acid groups (broad SMARTS) is 1. The Labute approximate surface area is 119 Å². The number of halogens is 1. The molecule has 104 valence electrons. The first-order valence-corrected chi connectivity index (χ1v) is 7.87. The Hall–Kier alpha value is -0.960. The first kappa shape index (κ1) is 14.4. The van der Waals surface area contributed by atoms with Gasteiger partial charge in [-0.1, -0.05) is 22.0 Å². The molecule has 0 radical (unpaired) electrons. The number of benzene rings is 1. The second kappa shape index (κ2) is 5.58. The number of sulfonamides is 1. The predicted octanol–water partition coefficient (Wildman–Crippen LogP) is 0.496. The highest BCUT2D eigenvalue weighted by molar-refractivity contribution is 9.10. The molecule has 6 nitrogen and oxygen atoms in total. The first-order valence-electron chi connectivity index (χ1n) is 5.64. The van der Waals surface area contributed by atoms with Crippen LogP contribution in [0.15, 0.2) is 33.6 Å². The summed E-state index contributed by atoms with van der Waals surface area (Å²) in [5.74, 6) is -1.15. The van der Waals surface area contributed by atoms with Crippen molar-refractivity contribution in [2.24, 2.45) is 0 Å². The third-order valence-corrected chi connectivity index (χ3v) is 5.28. The van der Waals surface area contributed by atoms with Crippen molar-refractivity contribution in [3.8, 4) is 0 Å². The van der Waals surface area contributed by atoms with Crippen LogP contribution < -0.4 is 5.32 Å². The van der Waals surface area contributed by atoms with Crippen LogP contribution in [0.3, 0.4) is 0 Å². The van der Waals surface area contributed by atoms with E-state index < -0.39 is 22.0 Å². The lowest BCUT2D eigenvalue weighted by molar-refractivity contribution is -0.141. The summed E-state index contributed by atoms with van der Waals surface area (Å²) >= 11 is 3.21. The van der Waals surface area contributed by atoms with Crippen molar-refractivity contribution in [3.05, 3.63) is 28.7 Å². The quantitative estimate of drug-likeness (QED) is 0.830. The molecule has 0 aliphatic carbocycles. The lowest BCUT2D eigenvalue weighted by Gasteiger charge is -2.32. The zero-order valence-corrected chi connectivity index (χ0v) is 12.3. The van der Waals surface area contributed by atoms with Gasteiger partial charge in [-0.25, -0.2) is 8.42 Å². The summed E-state index contributed by atoms with van der Waals surface area (Å²) in [5, 5.41) is 12.0. The normalized spacial score (nSPS) is 21.2. The fraction of sp³-hybridized carbons (Fsp3) is 0.364. The van der Waals surface area contributed by atoms with Crippen molar-refractivity contribution < 1.29 is 18.3 Å². The van der Waals surface area contributed by atoms with Crippen molar-refractivity contribution in [1.82, 2.24) is 9.62 Å². The molecule has 0 spiro atoms. The van der Waals surface area contributed by atoms with Crippen molar-refractivity contribution in [2.45, 2.75) is 10.9 Å². The van der Waals surface area contributed by atoms with E-state index >= 15 is 0 Å². The van der Waals surface area contributed by atoms with Gasteiger partial charge in [-0.05, 0) is 18.2 Å². The Bertz CT molecular complexity index is 590. The number of rotatable bonds is 3. The van der Waals surface area contributed by atoms with Crippen LogP contribution in [-0.2, 0) is 14.8 Å². The van der Waals surface area contributed by atoms with Gasteiger partial charge in [0.1, 0.15) is 6.04 Å². The van der Waals surface area contributed by atoms with Crippen LogP contribution in [-0.4, -0.2) is 49.5 Å². The van der Waals surface area contributed by atoms with E-state index in [-0.39, 0.29) is 18.0 Å². The summed E-state index contributed by atoms with van der Waals surface area (Å²) in [5.41, 5.74) is 0. The highest BCUT2D eigenvalue weighted by atomic mass is 79.9. The van der Waals surface area contributed by atoms with E-state index in [2.05, 4.69) is 21.2 Å². The van der Waals surface area contributed by atoms with Gasteiger partial charge in [-0.3, -0.25) is 4.79 Å². The molecule has 1 fully saturated rings. The van der Waals surface area contributed by atoms with Crippen LogP contribution in [0.25, 0.3) is 0 Å². The Morgan fingerprint density at radius 2 is 2.21 bits per heavy atom. The number of hydrogen-bond acceptors (Lipinski definition) is 4. The van der Waals surface area contributed by atoms with Crippen molar-refractivity contribution in [1.29, 1.82) is 0 Å². The summed E-state index contributed by atoms with van der Waals surface area (Å²) < 4.78 is 26.6. The molecule has 19 heavy (non-hydrogen) atoms. The number of nitrogens with zero attached hydrogens (tertiary/aromatic N) is 1. The Morgan fingerprint density at radius 3 is 2.84 bits per heavy atom. The Balaban J connectivity index is 2.40. The zero-order valence-electron chi connectivity index (χ0n) is 9.91. The maximum atomic E-state index is 12.5. The molecule has 2 N–H and O–H groups in total. The summed E-state index contributed by atoms with van der Waals surface area (Å²) in [4.78, 5) is 11.2. The largest absolute Gasteiger partial charge is 0.480 e. The molecule has 0 bridgehead atoms. The Morgan fingerprint density at radius 1 is 1.47 bits per heavy atom. The van der Waals surface area contributed by atoms with Gasteiger partial charge in [0.05, 0.1) is 4.90 Å². The molecular formula is C11H13BrN2O4S. The second-order valence-corrected chi connectivity index (χ2v) is 6.94. The van der Waals surface area contributed by atoms with E-state index in [1.54, 1.807) is 12.1 Å². The minimum atomic E-state index is -3.80. The molecule has 8 heteroatoms.